The van der Waals surface area contributed by atoms with E-state index in [1.54, 1.807) is 7.05 Å². The highest BCUT2D eigenvalue weighted by Crippen LogP contribution is 2.07. The fourth-order valence-electron chi connectivity index (χ4n) is 0.705. The van der Waals surface area contributed by atoms with Crippen molar-refractivity contribution in [3.8, 4) is 0 Å². The Morgan fingerprint density at radius 2 is 2.08 bits per heavy atom. The lowest BCUT2D eigenvalue weighted by Crippen LogP contribution is -2.44. The van der Waals surface area contributed by atoms with Crippen LogP contribution in [0.1, 0.15) is 20.8 Å². The molecule has 0 radical (unpaired) electrons. The number of nitrogens with one attached hydrogen (secondary N) is 1. The van der Waals surface area contributed by atoms with Crippen LogP contribution in [0, 0.1) is 0 Å². The Balaban J connectivity index is 4.02. The minimum Gasteiger partial charge on any atom is -0.459 e. The summed E-state index contributed by atoms with van der Waals surface area (Å²) in [6.45, 7) is 5.74. The van der Waals surface area contributed by atoms with Crippen LogP contribution < -0.4 is 11.1 Å². The predicted octanol–water partition coefficient (Wildman–Crippen LogP) is -0.125. The highest BCUT2D eigenvalue weighted by Gasteiger charge is 2.22. The molecule has 1 atom stereocenters. The van der Waals surface area contributed by atoms with Crippen LogP contribution in [0.25, 0.3) is 0 Å². The third-order valence-corrected chi connectivity index (χ3v) is 1.28. The number of esters is 1. The van der Waals surface area contributed by atoms with Gasteiger partial charge in [-0.15, -0.1) is 0 Å². The van der Waals surface area contributed by atoms with Gasteiger partial charge < -0.3 is 15.8 Å². The molecule has 0 spiro atoms. The second kappa shape index (κ2) is 4.42. The molecule has 0 aliphatic carbocycles. The summed E-state index contributed by atoms with van der Waals surface area (Å²) in [4.78, 5) is 11.3. The molecule has 0 amide bonds. The van der Waals surface area contributed by atoms with E-state index in [1.165, 1.54) is 0 Å². The topological polar surface area (TPSA) is 64.3 Å². The van der Waals surface area contributed by atoms with E-state index >= 15 is 0 Å². The standard InChI is InChI=1S/C8H18N2O2/c1-8(2,3)12-7(11)6(5-9)10-4/h6,10H,5,9H2,1-4H3. The first-order chi connectivity index (χ1) is 5.40. The SMILES string of the molecule is CNC(CN)C(=O)OC(C)(C)C. The normalized spacial score (nSPS) is 14.1. The zero-order valence-corrected chi connectivity index (χ0v) is 8.18. The van der Waals surface area contributed by atoms with Gasteiger partial charge in [0.2, 0.25) is 0 Å². The van der Waals surface area contributed by atoms with Crippen LogP contribution in [0.15, 0.2) is 0 Å². The molecule has 0 aromatic carbocycles. The monoisotopic (exact) mass is 174 g/mol. The smallest absolute Gasteiger partial charge is 0.324 e. The van der Waals surface area contributed by atoms with Gasteiger partial charge in [-0.1, -0.05) is 0 Å². The highest BCUT2D eigenvalue weighted by atomic mass is 16.6. The number of rotatable bonds is 3. The molecule has 0 aliphatic rings. The zero-order valence-electron chi connectivity index (χ0n) is 8.18. The number of ether oxygens (including phenoxy) is 1. The van der Waals surface area contributed by atoms with E-state index in [9.17, 15) is 4.79 Å². The van der Waals surface area contributed by atoms with Crippen molar-refractivity contribution in [3.63, 3.8) is 0 Å². The zero-order chi connectivity index (χ0) is 9.78. The molecule has 0 aliphatic heterocycles. The van der Waals surface area contributed by atoms with Crippen LogP contribution in [0.5, 0.6) is 0 Å². The molecule has 12 heavy (non-hydrogen) atoms. The van der Waals surface area contributed by atoms with Crippen LogP contribution in [0.4, 0.5) is 0 Å². The van der Waals surface area contributed by atoms with Gasteiger partial charge in [0.05, 0.1) is 0 Å². The molecule has 3 N–H and O–H groups in total. The quantitative estimate of drug-likeness (QED) is 0.585. The van der Waals surface area contributed by atoms with Crippen LogP contribution in [0.3, 0.4) is 0 Å². The minimum absolute atomic E-state index is 0.255. The summed E-state index contributed by atoms with van der Waals surface area (Å²) in [5.74, 6) is -0.299. The van der Waals surface area contributed by atoms with Crippen LogP contribution in [-0.4, -0.2) is 31.2 Å². The Labute approximate surface area is 73.5 Å². The number of nitrogens with two attached hydrogens (primary N) is 1. The largest absolute Gasteiger partial charge is 0.459 e. The summed E-state index contributed by atoms with van der Waals surface area (Å²) in [5.41, 5.74) is 4.90. The maximum Gasteiger partial charge on any atom is 0.324 e. The molecule has 0 rings (SSSR count). The minimum atomic E-state index is -0.443. The van der Waals surface area contributed by atoms with E-state index in [-0.39, 0.29) is 12.5 Å². The summed E-state index contributed by atoms with van der Waals surface area (Å²) < 4.78 is 5.10. The lowest BCUT2D eigenvalue weighted by molar-refractivity contribution is -0.157. The summed E-state index contributed by atoms with van der Waals surface area (Å²) in [5, 5.41) is 2.77. The van der Waals surface area contributed by atoms with Gasteiger partial charge in [0, 0.05) is 6.54 Å². The molecule has 4 heteroatoms. The van der Waals surface area contributed by atoms with Crippen LogP contribution in [-0.2, 0) is 9.53 Å². The number of carbonyl (C=O) groups is 1. The van der Waals surface area contributed by atoms with E-state index < -0.39 is 11.6 Å². The van der Waals surface area contributed by atoms with Gasteiger partial charge in [-0.05, 0) is 27.8 Å². The van der Waals surface area contributed by atoms with Gasteiger partial charge in [0.15, 0.2) is 0 Å². The second-order valence-electron chi connectivity index (χ2n) is 3.61. The molecule has 0 aromatic rings. The Morgan fingerprint density at radius 1 is 1.58 bits per heavy atom. The molecule has 0 saturated heterocycles. The van der Waals surface area contributed by atoms with Crippen molar-refractivity contribution in [2.75, 3.05) is 13.6 Å². The van der Waals surface area contributed by atoms with Gasteiger partial charge in [-0.3, -0.25) is 4.79 Å². The van der Waals surface area contributed by atoms with E-state index in [0.717, 1.165) is 0 Å². The third kappa shape index (κ3) is 4.31. The van der Waals surface area contributed by atoms with Gasteiger partial charge in [0.25, 0.3) is 0 Å². The summed E-state index contributed by atoms with van der Waals surface area (Å²) in [6.07, 6.45) is 0. The summed E-state index contributed by atoms with van der Waals surface area (Å²) in [6, 6.07) is -0.399. The van der Waals surface area contributed by atoms with Gasteiger partial charge in [-0.2, -0.15) is 0 Å². The van der Waals surface area contributed by atoms with Crippen molar-refractivity contribution in [1.29, 1.82) is 0 Å². The van der Waals surface area contributed by atoms with Gasteiger partial charge in [0.1, 0.15) is 11.6 Å². The lowest BCUT2D eigenvalue weighted by atomic mass is 10.2. The molecule has 0 aromatic heterocycles. The highest BCUT2D eigenvalue weighted by molar-refractivity contribution is 5.76. The maximum atomic E-state index is 11.3. The van der Waals surface area contributed by atoms with E-state index in [4.69, 9.17) is 10.5 Å². The van der Waals surface area contributed by atoms with Gasteiger partial charge in [-0.25, -0.2) is 0 Å². The van der Waals surface area contributed by atoms with E-state index in [2.05, 4.69) is 5.32 Å². The number of hydrogen-bond acceptors (Lipinski definition) is 4. The number of likely N-dealkylation sites (N-methyl/N-ethyl adjacent to an activating group) is 1. The molecule has 4 nitrogen and oxygen atoms in total. The third-order valence-electron chi connectivity index (χ3n) is 1.28. The van der Waals surface area contributed by atoms with Gasteiger partial charge >= 0.3 is 5.97 Å². The predicted molar refractivity (Wildman–Crippen MR) is 47.7 cm³/mol. The second-order valence-corrected chi connectivity index (χ2v) is 3.61. The fourth-order valence-corrected chi connectivity index (χ4v) is 0.705. The Kier molecular flexibility index (Phi) is 4.20. The molecule has 0 bridgehead atoms. The Morgan fingerprint density at radius 3 is 2.33 bits per heavy atom. The van der Waals surface area contributed by atoms with Crippen molar-refractivity contribution in [2.45, 2.75) is 32.4 Å². The first-order valence-electron chi connectivity index (χ1n) is 4.01. The van der Waals surface area contributed by atoms with Crippen LogP contribution >= 0.6 is 0 Å². The molecular formula is C8H18N2O2. The number of carbonyl (C=O) groups excluding carboxylic acids is 1. The van der Waals surface area contributed by atoms with Crippen molar-refractivity contribution in [2.24, 2.45) is 5.73 Å². The first-order valence-corrected chi connectivity index (χ1v) is 4.01. The van der Waals surface area contributed by atoms with Crippen LogP contribution in [0.2, 0.25) is 0 Å². The Bertz CT molecular complexity index is 148. The molecule has 72 valence electrons. The molecule has 0 heterocycles. The average molecular weight is 174 g/mol. The van der Waals surface area contributed by atoms with Crippen molar-refractivity contribution >= 4 is 5.97 Å². The average Bonchev–Trinajstić information content (AvgIpc) is 1.85. The van der Waals surface area contributed by atoms with E-state index in [0.29, 0.717) is 0 Å². The summed E-state index contributed by atoms with van der Waals surface area (Å²) >= 11 is 0. The maximum absolute atomic E-state index is 11.3. The summed E-state index contributed by atoms with van der Waals surface area (Å²) in [7, 11) is 1.68. The van der Waals surface area contributed by atoms with E-state index in [1.807, 2.05) is 20.8 Å². The molecule has 1 unspecified atom stereocenters. The molecule has 0 fully saturated rings. The Hall–Kier alpha value is -0.610. The molecular weight excluding hydrogens is 156 g/mol. The first kappa shape index (κ1) is 11.4. The molecule has 0 saturated carbocycles. The van der Waals surface area contributed by atoms with Crippen molar-refractivity contribution < 1.29 is 9.53 Å². The fraction of sp³-hybridized carbons (Fsp3) is 0.875. The van der Waals surface area contributed by atoms with Crippen molar-refractivity contribution in [1.82, 2.24) is 5.32 Å². The number of hydrogen-bond donors (Lipinski definition) is 2. The lowest BCUT2D eigenvalue weighted by Gasteiger charge is -2.22. The van der Waals surface area contributed by atoms with Crippen molar-refractivity contribution in [3.05, 3.63) is 0 Å².